The van der Waals surface area contributed by atoms with Crippen molar-refractivity contribution in [3.63, 3.8) is 0 Å². The van der Waals surface area contributed by atoms with Gasteiger partial charge in [-0.2, -0.15) is 4.31 Å². The van der Waals surface area contributed by atoms with Crippen LogP contribution < -0.4 is 14.8 Å². The molecule has 0 unspecified atom stereocenters. The Morgan fingerprint density at radius 2 is 1.65 bits per heavy atom. The highest BCUT2D eigenvalue weighted by Crippen LogP contribution is 2.31. The molecule has 2 N–H and O–H groups in total. The van der Waals surface area contributed by atoms with Crippen LogP contribution in [0.15, 0.2) is 23.1 Å². The number of methoxy groups -OCH3 is 2. The topological polar surface area (TPSA) is 127 Å². The Labute approximate surface area is 199 Å². The highest BCUT2D eigenvalue weighted by molar-refractivity contribution is 7.89. The first-order valence-electron chi connectivity index (χ1n) is 11.0. The molecule has 1 aromatic carbocycles. The maximum absolute atomic E-state index is 13.4. The van der Waals surface area contributed by atoms with Crippen LogP contribution >= 0.6 is 0 Å². The summed E-state index contributed by atoms with van der Waals surface area (Å²) < 4.78 is 43.7. The van der Waals surface area contributed by atoms with Crippen molar-refractivity contribution in [3.05, 3.63) is 35.2 Å². The molecule has 1 fully saturated rings. The maximum Gasteiger partial charge on any atom is 0.341 e. The van der Waals surface area contributed by atoms with Gasteiger partial charge in [-0.1, -0.05) is 0 Å². The summed E-state index contributed by atoms with van der Waals surface area (Å²) in [6, 6.07) is 5.08. The second kappa shape index (κ2) is 10.5. The Balaban J connectivity index is 1.73. The third kappa shape index (κ3) is 5.20. The molecule has 11 heteroatoms. The van der Waals surface area contributed by atoms with Crippen LogP contribution in [0.2, 0.25) is 0 Å². The molecule has 10 nitrogen and oxygen atoms in total. The number of carbonyl (C=O) groups excluding carboxylic acids is 2. The molecule has 3 rings (SSSR count). The zero-order valence-electron chi connectivity index (χ0n) is 20.1. The third-order valence-electron chi connectivity index (χ3n) is 5.84. The van der Waals surface area contributed by atoms with E-state index < -0.39 is 16.0 Å². The number of aromatic amines is 1. The normalized spacial score (nSPS) is 15.1. The summed E-state index contributed by atoms with van der Waals surface area (Å²) >= 11 is 0. The second-order valence-electron chi connectivity index (χ2n) is 8.07. The number of aryl methyl sites for hydroxylation is 2. The van der Waals surface area contributed by atoms with Gasteiger partial charge in [0, 0.05) is 54.3 Å². The number of rotatable bonds is 8. The van der Waals surface area contributed by atoms with Gasteiger partial charge in [-0.25, -0.2) is 13.2 Å². The highest BCUT2D eigenvalue weighted by Gasteiger charge is 2.37. The lowest BCUT2D eigenvalue weighted by atomic mass is 9.97. The smallest absolute Gasteiger partial charge is 0.341 e. The minimum Gasteiger partial charge on any atom is -0.497 e. The lowest BCUT2D eigenvalue weighted by Gasteiger charge is -2.30. The molecule has 0 radical (unpaired) electrons. The summed E-state index contributed by atoms with van der Waals surface area (Å²) in [5.41, 5.74) is 1.39. The number of hydrogen-bond acceptors (Lipinski definition) is 7. The number of hydrogen-bond donors (Lipinski definition) is 2. The van der Waals surface area contributed by atoms with E-state index >= 15 is 0 Å². The van der Waals surface area contributed by atoms with Crippen molar-refractivity contribution < 1.29 is 32.2 Å². The Bertz CT molecular complexity index is 1140. The predicted octanol–water partition coefficient (Wildman–Crippen LogP) is 2.86. The molecule has 0 aliphatic carbocycles. The summed E-state index contributed by atoms with van der Waals surface area (Å²) in [5.74, 6) is -0.142. The van der Waals surface area contributed by atoms with E-state index in [0.29, 0.717) is 41.4 Å². The van der Waals surface area contributed by atoms with Gasteiger partial charge < -0.3 is 24.5 Å². The summed E-state index contributed by atoms with van der Waals surface area (Å²) in [6.45, 7) is 5.38. The first-order valence-corrected chi connectivity index (χ1v) is 12.5. The second-order valence-corrected chi connectivity index (χ2v) is 9.94. The van der Waals surface area contributed by atoms with Crippen LogP contribution in [0.25, 0.3) is 0 Å². The van der Waals surface area contributed by atoms with Gasteiger partial charge in [-0.3, -0.25) is 4.79 Å². The van der Waals surface area contributed by atoms with Gasteiger partial charge >= 0.3 is 5.97 Å². The van der Waals surface area contributed by atoms with E-state index in [0.717, 1.165) is 0 Å². The molecule has 1 amide bonds. The van der Waals surface area contributed by atoms with E-state index in [9.17, 15) is 18.0 Å². The first kappa shape index (κ1) is 25.6. The number of esters is 1. The number of ether oxygens (including phenoxy) is 3. The van der Waals surface area contributed by atoms with Crippen LogP contribution in [0.1, 0.15) is 41.5 Å². The third-order valence-corrected chi connectivity index (χ3v) is 7.91. The summed E-state index contributed by atoms with van der Waals surface area (Å²) in [7, 11) is -0.905. The standard InChI is InChI=1S/C23H31N3O7S/c1-6-33-23(28)20-14(2)24-15(3)21(20)34(29,30)26-9-7-16(8-10-26)22(27)25-17-11-18(31-4)13-19(12-17)32-5/h11-13,16,24H,6-10H2,1-5H3,(H,25,27). The summed E-state index contributed by atoms with van der Waals surface area (Å²) in [4.78, 5) is 28.2. The lowest BCUT2D eigenvalue weighted by molar-refractivity contribution is -0.120. The van der Waals surface area contributed by atoms with Crippen molar-refractivity contribution in [1.82, 2.24) is 9.29 Å². The molecule has 34 heavy (non-hydrogen) atoms. The van der Waals surface area contributed by atoms with E-state index in [2.05, 4.69) is 10.3 Å². The number of sulfonamides is 1. The van der Waals surface area contributed by atoms with Gasteiger partial charge in [0.2, 0.25) is 15.9 Å². The number of nitrogens with one attached hydrogen (secondary N) is 2. The molecular formula is C23H31N3O7S. The first-order chi connectivity index (χ1) is 16.1. The Morgan fingerprint density at radius 3 is 2.18 bits per heavy atom. The number of benzene rings is 1. The van der Waals surface area contributed by atoms with E-state index in [1.54, 1.807) is 39.0 Å². The van der Waals surface area contributed by atoms with Crippen molar-refractivity contribution >= 4 is 27.6 Å². The number of amides is 1. The molecule has 0 saturated carbocycles. The number of aromatic nitrogens is 1. The molecule has 0 atom stereocenters. The summed E-state index contributed by atoms with van der Waals surface area (Å²) in [6.07, 6.45) is 0.701. The van der Waals surface area contributed by atoms with E-state index in [1.165, 1.54) is 18.5 Å². The molecule has 1 saturated heterocycles. The van der Waals surface area contributed by atoms with Crippen molar-refractivity contribution in [2.45, 2.75) is 38.5 Å². The number of anilines is 1. The van der Waals surface area contributed by atoms with Gasteiger partial charge in [0.05, 0.1) is 20.8 Å². The Kier molecular flexibility index (Phi) is 7.88. The van der Waals surface area contributed by atoms with E-state index in [1.807, 2.05) is 0 Å². The minimum atomic E-state index is -3.96. The monoisotopic (exact) mass is 493 g/mol. The minimum absolute atomic E-state index is 0.0335. The number of piperidine rings is 1. The molecular weight excluding hydrogens is 462 g/mol. The van der Waals surface area contributed by atoms with Crippen molar-refractivity contribution in [3.8, 4) is 11.5 Å². The molecule has 0 bridgehead atoms. The predicted molar refractivity (Wildman–Crippen MR) is 126 cm³/mol. The average Bonchev–Trinajstić information content (AvgIpc) is 3.13. The average molecular weight is 494 g/mol. The lowest BCUT2D eigenvalue weighted by Crippen LogP contribution is -2.41. The zero-order valence-corrected chi connectivity index (χ0v) is 20.9. The Morgan fingerprint density at radius 1 is 1.06 bits per heavy atom. The number of carbonyl (C=O) groups is 2. The highest BCUT2D eigenvalue weighted by atomic mass is 32.2. The largest absolute Gasteiger partial charge is 0.497 e. The molecule has 1 aliphatic heterocycles. The van der Waals surface area contributed by atoms with E-state index in [4.69, 9.17) is 14.2 Å². The van der Waals surface area contributed by atoms with Gasteiger partial charge in [0.1, 0.15) is 22.0 Å². The quantitative estimate of drug-likeness (QED) is 0.541. The van der Waals surface area contributed by atoms with Crippen molar-refractivity contribution in [2.75, 3.05) is 39.2 Å². The molecule has 1 aromatic heterocycles. The molecule has 1 aliphatic rings. The number of nitrogens with zero attached hydrogens (tertiary/aromatic N) is 1. The molecule has 186 valence electrons. The van der Waals surface area contributed by atoms with Gasteiger partial charge in [0.15, 0.2) is 0 Å². The van der Waals surface area contributed by atoms with Gasteiger partial charge in [0.25, 0.3) is 0 Å². The van der Waals surface area contributed by atoms with Crippen LogP contribution in [-0.4, -0.2) is 63.5 Å². The molecule has 2 aromatic rings. The fourth-order valence-corrected chi connectivity index (χ4v) is 6.02. The maximum atomic E-state index is 13.4. The fraction of sp³-hybridized carbons (Fsp3) is 0.478. The van der Waals surface area contributed by atoms with Crippen LogP contribution in [-0.2, 0) is 19.6 Å². The van der Waals surface area contributed by atoms with Crippen LogP contribution in [0.4, 0.5) is 5.69 Å². The molecule has 0 spiro atoms. The summed E-state index contributed by atoms with van der Waals surface area (Å²) in [5, 5.41) is 2.86. The van der Waals surface area contributed by atoms with E-state index in [-0.39, 0.29) is 42.0 Å². The number of H-pyrrole nitrogens is 1. The van der Waals surface area contributed by atoms with Crippen LogP contribution in [0.3, 0.4) is 0 Å². The van der Waals surface area contributed by atoms with Crippen molar-refractivity contribution in [1.29, 1.82) is 0 Å². The molecule has 2 heterocycles. The van der Waals surface area contributed by atoms with Crippen LogP contribution in [0.5, 0.6) is 11.5 Å². The zero-order chi connectivity index (χ0) is 25.0. The fourth-order valence-electron chi connectivity index (χ4n) is 4.14. The SMILES string of the molecule is CCOC(=O)c1c(C)[nH]c(C)c1S(=O)(=O)N1CCC(C(=O)Nc2cc(OC)cc(OC)c2)CC1. The Hall–Kier alpha value is -3.05. The van der Waals surface area contributed by atoms with Gasteiger partial charge in [-0.05, 0) is 33.6 Å². The van der Waals surface area contributed by atoms with Crippen molar-refractivity contribution in [2.24, 2.45) is 5.92 Å². The van der Waals surface area contributed by atoms with Gasteiger partial charge in [-0.15, -0.1) is 0 Å². The van der Waals surface area contributed by atoms with Crippen LogP contribution in [0, 0.1) is 19.8 Å².